The van der Waals surface area contributed by atoms with E-state index >= 15 is 0 Å². The average Bonchev–Trinajstić information content (AvgIpc) is 2.15. The van der Waals surface area contributed by atoms with Crippen LogP contribution < -0.4 is 51.4 Å². The summed E-state index contributed by atoms with van der Waals surface area (Å²) in [5.41, 5.74) is 0. The molecular weight excluding hydrogens is 153 g/mol. The number of hydrogen-bond donors (Lipinski definition) is 0. The molecule has 3 heteroatoms. The van der Waals surface area contributed by atoms with Gasteiger partial charge in [0, 0.05) is 13.2 Å². The van der Waals surface area contributed by atoms with Gasteiger partial charge in [0.1, 0.15) is 0 Å². The average molecular weight is 167 g/mol. The number of hydrogen-bond acceptors (Lipinski definition) is 2. The number of ether oxygens (including phenoxy) is 1. The third-order valence-electron chi connectivity index (χ3n) is 2.06. The molecule has 0 aromatic rings. The molecule has 1 fully saturated rings. The van der Waals surface area contributed by atoms with Gasteiger partial charge in [-0.05, 0) is 20.0 Å². The fraction of sp³-hybridized carbons (Fsp3) is 0.857. The van der Waals surface area contributed by atoms with Crippen molar-refractivity contribution in [3.8, 4) is 0 Å². The SMILES string of the molecule is [CH2-]C1C(OC)CCN1C.[K+]. The van der Waals surface area contributed by atoms with Crippen LogP contribution in [0.15, 0.2) is 0 Å². The molecule has 0 saturated carbocycles. The smallest absolute Gasteiger partial charge is 0.383 e. The Labute approximate surface area is 106 Å². The maximum Gasteiger partial charge on any atom is 1.00 e. The van der Waals surface area contributed by atoms with Gasteiger partial charge in [-0.25, -0.2) is 0 Å². The molecule has 0 aliphatic carbocycles. The van der Waals surface area contributed by atoms with E-state index in [0.29, 0.717) is 12.1 Å². The summed E-state index contributed by atoms with van der Waals surface area (Å²) in [5.74, 6) is 0. The molecule has 0 radical (unpaired) electrons. The summed E-state index contributed by atoms with van der Waals surface area (Å²) in [7, 11) is 3.83. The van der Waals surface area contributed by atoms with Crippen LogP contribution in [-0.2, 0) is 4.74 Å². The fourth-order valence-corrected chi connectivity index (χ4v) is 1.25. The van der Waals surface area contributed by atoms with Crippen LogP contribution in [0, 0.1) is 6.92 Å². The molecule has 0 bridgehead atoms. The maximum absolute atomic E-state index is 5.19. The van der Waals surface area contributed by atoms with E-state index in [2.05, 4.69) is 18.9 Å². The van der Waals surface area contributed by atoms with Crippen LogP contribution in [0.2, 0.25) is 0 Å². The van der Waals surface area contributed by atoms with Gasteiger partial charge in [-0.3, -0.25) is 0 Å². The number of likely N-dealkylation sites (tertiary alicyclic amines) is 1. The molecule has 0 aromatic heterocycles. The fourth-order valence-electron chi connectivity index (χ4n) is 1.25. The van der Waals surface area contributed by atoms with Gasteiger partial charge in [-0.2, -0.15) is 0 Å². The van der Waals surface area contributed by atoms with E-state index in [1.54, 1.807) is 7.11 Å². The molecule has 1 aliphatic rings. The first kappa shape index (κ1) is 11.6. The summed E-state index contributed by atoms with van der Waals surface area (Å²) in [6.45, 7) is 5.09. The van der Waals surface area contributed by atoms with Crippen molar-refractivity contribution in [1.29, 1.82) is 0 Å². The monoisotopic (exact) mass is 167 g/mol. The minimum atomic E-state index is 0. The predicted molar refractivity (Wildman–Crippen MR) is 37.2 cm³/mol. The van der Waals surface area contributed by atoms with E-state index in [4.69, 9.17) is 4.74 Å². The van der Waals surface area contributed by atoms with Crippen LogP contribution in [0.5, 0.6) is 0 Å². The molecule has 54 valence electrons. The Bertz CT molecular complexity index is 99.6. The van der Waals surface area contributed by atoms with Crippen LogP contribution in [0.1, 0.15) is 6.42 Å². The van der Waals surface area contributed by atoms with Gasteiger partial charge in [0.2, 0.25) is 0 Å². The van der Waals surface area contributed by atoms with Gasteiger partial charge in [-0.15, -0.1) is 0 Å². The Morgan fingerprint density at radius 3 is 2.40 bits per heavy atom. The van der Waals surface area contributed by atoms with Crippen LogP contribution in [0.3, 0.4) is 0 Å². The van der Waals surface area contributed by atoms with Crippen molar-refractivity contribution in [2.45, 2.75) is 18.6 Å². The first-order valence-corrected chi connectivity index (χ1v) is 3.32. The molecule has 0 amide bonds. The second kappa shape index (κ2) is 5.25. The van der Waals surface area contributed by atoms with Crippen molar-refractivity contribution in [2.24, 2.45) is 0 Å². The maximum atomic E-state index is 5.19. The van der Waals surface area contributed by atoms with E-state index in [1.807, 2.05) is 0 Å². The molecule has 0 aromatic carbocycles. The molecule has 1 rings (SSSR count). The van der Waals surface area contributed by atoms with E-state index < -0.39 is 0 Å². The van der Waals surface area contributed by atoms with Crippen molar-refractivity contribution in [3.05, 3.63) is 6.92 Å². The zero-order valence-corrected chi connectivity index (χ0v) is 10.3. The number of nitrogens with zero attached hydrogens (tertiary/aromatic N) is 1. The van der Waals surface area contributed by atoms with Crippen molar-refractivity contribution < 1.29 is 56.1 Å². The van der Waals surface area contributed by atoms with E-state index in [-0.39, 0.29) is 51.4 Å². The van der Waals surface area contributed by atoms with Crippen LogP contribution in [0.4, 0.5) is 0 Å². The first-order valence-electron chi connectivity index (χ1n) is 3.32. The summed E-state index contributed by atoms with van der Waals surface area (Å²) in [4.78, 5) is 2.22. The Balaban J connectivity index is 0.000000810. The zero-order valence-electron chi connectivity index (χ0n) is 7.13. The summed E-state index contributed by atoms with van der Waals surface area (Å²) >= 11 is 0. The topological polar surface area (TPSA) is 12.5 Å². The molecular formula is C7H14KNO. The molecule has 2 atom stereocenters. The van der Waals surface area contributed by atoms with Crippen LogP contribution in [-0.4, -0.2) is 37.7 Å². The molecule has 2 unspecified atom stereocenters. The summed E-state index contributed by atoms with van der Waals surface area (Å²) in [6, 6.07) is 0.356. The zero-order chi connectivity index (χ0) is 6.85. The Kier molecular flexibility index (Phi) is 6.06. The van der Waals surface area contributed by atoms with E-state index in [9.17, 15) is 0 Å². The number of methoxy groups -OCH3 is 1. The molecule has 10 heavy (non-hydrogen) atoms. The van der Waals surface area contributed by atoms with Crippen LogP contribution in [0.25, 0.3) is 0 Å². The minimum Gasteiger partial charge on any atom is -0.383 e. The first-order chi connectivity index (χ1) is 4.25. The molecule has 1 saturated heterocycles. The molecule has 0 N–H and O–H groups in total. The van der Waals surface area contributed by atoms with Gasteiger partial charge in [0.05, 0.1) is 0 Å². The number of likely N-dealkylation sites (N-methyl/N-ethyl adjacent to an activating group) is 1. The quantitative estimate of drug-likeness (QED) is 0.317. The standard InChI is InChI=1S/C7H14NO.K/c1-6-7(9-3)4-5-8(6)2;/h6-7H,1,4-5H2,2-3H3;/q-1;+1. The molecule has 1 aliphatic heterocycles. The second-order valence-electron chi connectivity index (χ2n) is 2.61. The largest absolute Gasteiger partial charge is 1.00 e. The van der Waals surface area contributed by atoms with Crippen LogP contribution >= 0.6 is 0 Å². The third kappa shape index (κ3) is 2.55. The van der Waals surface area contributed by atoms with Crippen molar-refractivity contribution in [2.75, 3.05) is 20.7 Å². The predicted octanol–water partition coefficient (Wildman–Crippen LogP) is -2.46. The molecule has 0 spiro atoms. The van der Waals surface area contributed by atoms with Gasteiger partial charge in [0.15, 0.2) is 0 Å². The van der Waals surface area contributed by atoms with Crippen molar-refractivity contribution in [3.63, 3.8) is 0 Å². The van der Waals surface area contributed by atoms with Crippen molar-refractivity contribution in [1.82, 2.24) is 4.90 Å². The van der Waals surface area contributed by atoms with E-state index in [0.717, 1.165) is 13.0 Å². The van der Waals surface area contributed by atoms with Gasteiger partial charge < -0.3 is 16.6 Å². The minimum absolute atomic E-state index is 0. The van der Waals surface area contributed by atoms with Gasteiger partial charge in [0.25, 0.3) is 0 Å². The normalized spacial score (nSPS) is 33.9. The second-order valence-corrected chi connectivity index (χ2v) is 2.61. The van der Waals surface area contributed by atoms with Crippen molar-refractivity contribution >= 4 is 0 Å². The number of rotatable bonds is 1. The van der Waals surface area contributed by atoms with Gasteiger partial charge in [-0.1, -0.05) is 6.04 Å². The summed E-state index contributed by atoms with van der Waals surface area (Å²) in [5, 5.41) is 0. The van der Waals surface area contributed by atoms with Gasteiger partial charge >= 0.3 is 51.4 Å². The van der Waals surface area contributed by atoms with E-state index in [1.165, 1.54) is 0 Å². The Morgan fingerprint density at radius 2 is 2.20 bits per heavy atom. The Morgan fingerprint density at radius 1 is 1.60 bits per heavy atom. The molecule has 2 nitrogen and oxygen atoms in total. The summed E-state index contributed by atoms with van der Waals surface area (Å²) in [6.07, 6.45) is 1.48. The third-order valence-corrected chi connectivity index (χ3v) is 2.06. The molecule has 1 heterocycles. The Hall–Kier alpha value is 1.56. The summed E-state index contributed by atoms with van der Waals surface area (Å²) < 4.78 is 5.19.